The molecule has 1 aromatic heterocycles. The molecule has 0 spiro atoms. The summed E-state index contributed by atoms with van der Waals surface area (Å²) in [6, 6.07) is 7.25. The van der Waals surface area contributed by atoms with Crippen LogP contribution in [0.3, 0.4) is 0 Å². The van der Waals surface area contributed by atoms with E-state index in [2.05, 4.69) is 10.4 Å². The molecule has 20 heavy (non-hydrogen) atoms. The summed E-state index contributed by atoms with van der Waals surface area (Å²) >= 11 is 0. The van der Waals surface area contributed by atoms with E-state index in [1.165, 1.54) is 24.3 Å². The monoisotopic (exact) mass is 275 g/mol. The van der Waals surface area contributed by atoms with E-state index in [9.17, 15) is 9.18 Å². The van der Waals surface area contributed by atoms with Gasteiger partial charge in [0.1, 0.15) is 11.6 Å². The number of carbonyl (C=O) groups excluding carboxylic acids is 1. The number of nitrogens with zero attached hydrogens (tertiary/aromatic N) is 2. The number of halogens is 1. The number of carbonyl (C=O) groups is 1. The standard InChI is InChI=1S/C15H18FN3O/c1-10-9-13(19(18-10)15(2,3)4)17-14(20)11-5-7-12(16)8-6-11/h5-9H,1-4H3,(H,17,20). The Hall–Kier alpha value is -2.17. The van der Waals surface area contributed by atoms with Crippen molar-refractivity contribution >= 4 is 11.7 Å². The quantitative estimate of drug-likeness (QED) is 0.913. The fraction of sp³-hybridized carbons (Fsp3) is 0.333. The van der Waals surface area contributed by atoms with Crippen LogP contribution in [0.4, 0.5) is 10.2 Å². The van der Waals surface area contributed by atoms with Crippen molar-refractivity contribution in [3.63, 3.8) is 0 Å². The van der Waals surface area contributed by atoms with Gasteiger partial charge >= 0.3 is 0 Å². The molecule has 0 fully saturated rings. The van der Waals surface area contributed by atoms with E-state index < -0.39 is 0 Å². The Morgan fingerprint density at radius 1 is 1.25 bits per heavy atom. The molecule has 1 aromatic carbocycles. The van der Waals surface area contributed by atoms with Crippen LogP contribution in [0.1, 0.15) is 36.8 Å². The Bertz CT molecular complexity index is 624. The molecule has 0 bridgehead atoms. The lowest BCUT2D eigenvalue weighted by molar-refractivity contribution is 0.102. The minimum atomic E-state index is -0.364. The molecule has 0 radical (unpaired) electrons. The third-order valence-electron chi connectivity index (χ3n) is 2.81. The first-order valence-electron chi connectivity index (χ1n) is 6.41. The summed E-state index contributed by atoms with van der Waals surface area (Å²) in [5.41, 5.74) is 1.000. The molecule has 0 unspecified atom stereocenters. The fourth-order valence-electron chi connectivity index (χ4n) is 1.89. The number of amides is 1. The van der Waals surface area contributed by atoms with Gasteiger partial charge in [-0.15, -0.1) is 0 Å². The van der Waals surface area contributed by atoms with E-state index in [1.807, 2.05) is 33.8 Å². The second-order valence-corrected chi connectivity index (χ2v) is 5.71. The average Bonchev–Trinajstić information content (AvgIpc) is 2.71. The number of hydrogen-bond donors (Lipinski definition) is 1. The van der Waals surface area contributed by atoms with Crippen LogP contribution in [-0.2, 0) is 5.54 Å². The van der Waals surface area contributed by atoms with Crippen molar-refractivity contribution in [2.75, 3.05) is 5.32 Å². The van der Waals surface area contributed by atoms with Gasteiger partial charge in [0.2, 0.25) is 0 Å². The predicted octanol–water partition coefficient (Wildman–Crippen LogP) is 3.34. The first-order valence-corrected chi connectivity index (χ1v) is 6.41. The summed E-state index contributed by atoms with van der Waals surface area (Å²) < 4.78 is 14.6. The largest absolute Gasteiger partial charge is 0.307 e. The molecular formula is C15H18FN3O. The van der Waals surface area contributed by atoms with Crippen LogP contribution in [0.15, 0.2) is 30.3 Å². The maximum atomic E-state index is 12.9. The zero-order valence-electron chi connectivity index (χ0n) is 12.1. The van der Waals surface area contributed by atoms with E-state index in [-0.39, 0.29) is 17.3 Å². The van der Waals surface area contributed by atoms with Crippen LogP contribution in [0.25, 0.3) is 0 Å². The van der Waals surface area contributed by atoms with Gasteiger partial charge in [-0.2, -0.15) is 5.10 Å². The van der Waals surface area contributed by atoms with Crippen molar-refractivity contribution in [2.24, 2.45) is 0 Å². The molecule has 4 nitrogen and oxygen atoms in total. The molecule has 1 amide bonds. The van der Waals surface area contributed by atoms with Crippen LogP contribution in [0, 0.1) is 12.7 Å². The van der Waals surface area contributed by atoms with Gasteiger partial charge in [-0.3, -0.25) is 4.79 Å². The van der Waals surface area contributed by atoms with Crippen LogP contribution in [0.5, 0.6) is 0 Å². The highest BCUT2D eigenvalue weighted by Gasteiger charge is 2.20. The third kappa shape index (κ3) is 3.04. The molecule has 0 saturated carbocycles. The molecule has 0 aliphatic heterocycles. The van der Waals surface area contributed by atoms with Crippen LogP contribution in [0.2, 0.25) is 0 Å². The number of anilines is 1. The third-order valence-corrected chi connectivity index (χ3v) is 2.81. The smallest absolute Gasteiger partial charge is 0.256 e. The van der Waals surface area contributed by atoms with E-state index >= 15 is 0 Å². The van der Waals surface area contributed by atoms with Gasteiger partial charge in [-0.1, -0.05) is 0 Å². The molecule has 1 heterocycles. The minimum Gasteiger partial charge on any atom is -0.307 e. The molecule has 2 rings (SSSR count). The summed E-state index contributed by atoms with van der Waals surface area (Å²) in [6.45, 7) is 7.89. The normalized spacial score (nSPS) is 11.4. The van der Waals surface area contributed by atoms with Crippen LogP contribution in [-0.4, -0.2) is 15.7 Å². The van der Waals surface area contributed by atoms with Crippen molar-refractivity contribution in [1.29, 1.82) is 0 Å². The summed E-state index contributed by atoms with van der Waals surface area (Å²) in [6.07, 6.45) is 0. The van der Waals surface area contributed by atoms with Crippen LogP contribution < -0.4 is 5.32 Å². The lowest BCUT2D eigenvalue weighted by atomic mass is 10.1. The van der Waals surface area contributed by atoms with Gasteiger partial charge in [0.25, 0.3) is 5.91 Å². The lowest BCUT2D eigenvalue weighted by Crippen LogP contribution is -2.26. The highest BCUT2D eigenvalue weighted by atomic mass is 19.1. The van der Waals surface area contributed by atoms with Crippen LogP contribution >= 0.6 is 0 Å². The number of rotatable bonds is 2. The van der Waals surface area contributed by atoms with Gasteiger partial charge < -0.3 is 5.32 Å². The van der Waals surface area contributed by atoms with Gasteiger partial charge in [0.05, 0.1) is 11.2 Å². The number of aryl methyl sites for hydroxylation is 1. The maximum Gasteiger partial charge on any atom is 0.256 e. The maximum absolute atomic E-state index is 12.9. The topological polar surface area (TPSA) is 46.9 Å². The van der Waals surface area contributed by atoms with E-state index in [0.717, 1.165) is 5.69 Å². The van der Waals surface area contributed by atoms with E-state index in [4.69, 9.17) is 0 Å². The minimum absolute atomic E-state index is 0.236. The van der Waals surface area contributed by atoms with Crippen molar-refractivity contribution in [2.45, 2.75) is 33.2 Å². The molecular weight excluding hydrogens is 257 g/mol. The SMILES string of the molecule is Cc1cc(NC(=O)c2ccc(F)cc2)n(C(C)(C)C)n1. The van der Waals surface area contributed by atoms with Gasteiger partial charge in [0.15, 0.2) is 0 Å². The fourth-order valence-corrected chi connectivity index (χ4v) is 1.89. The first-order chi connectivity index (χ1) is 9.27. The van der Waals surface area contributed by atoms with Crippen molar-refractivity contribution < 1.29 is 9.18 Å². The molecule has 106 valence electrons. The van der Waals surface area contributed by atoms with Crippen molar-refractivity contribution in [1.82, 2.24) is 9.78 Å². The molecule has 5 heteroatoms. The molecule has 0 aliphatic rings. The lowest BCUT2D eigenvalue weighted by Gasteiger charge is -2.22. The number of hydrogen-bond acceptors (Lipinski definition) is 2. The van der Waals surface area contributed by atoms with E-state index in [1.54, 1.807) is 4.68 Å². The Kier molecular flexibility index (Phi) is 3.61. The molecule has 2 aromatic rings. The van der Waals surface area contributed by atoms with Crippen molar-refractivity contribution in [3.8, 4) is 0 Å². The van der Waals surface area contributed by atoms with Gasteiger partial charge in [-0.25, -0.2) is 9.07 Å². The molecule has 0 aliphatic carbocycles. The predicted molar refractivity (Wildman–Crippen MR) is 76.3 cm³/mol. The number of benzene rings is 1. The van der Waals surface area contributed by atoms with Gasteiger partial charge in [-0.05, 0) is 52.0 Å². The first kappa shape index (κ1) is 14.2. The van der Waals surface area contributed by atoms with Crippen molar-refractivity contribution in [3.05, 3.63) is 47.4 Å². The van der Waals surface area contributed by atoms with Gasteiger partial charge in [0, 0.05) is 11.6 Å². The highest BCUT2D eigenvalue weighted by molar-refractivity contribution is 6.03. The number of nitrogens with one attached hydrogen (secondary N) is 1. The average molecular weight is 275 g/mol. The highest BCUT2D eigenvalue weighted by Crippen LogP contribution is 2.21. The zero-order chi connectivity index (χ0) is 14.9. The Morgan fingerprint density at radius 2 is 1.85 bits per heavy atom. The zero-order valence-corrected chi connectivity index (χ0v) is 12.1. The Morgan fingerprint density at radius 3 is 2.40 bits per heavy atom. The number of aromatic nitrogens is 2. The Balaban J connectivity index is 2.26. The Labute approximate surface area is 117 Å². The summed E-state index contributed by atoms with van der Waals surface area (Å²) in [7, 11) is 0. The van der Waals surface area contributed by atoms with E-state index in [0.29, 0.717) is 11.4 Å². The summed E-state index contributed by atoms with van der Waals surface area (Å²) in [5, 5.41) is 7.20. The molecule has 0 atom stereocenters. The molecule has 0 saturated heterocycles. The summed E-state index contributed by atoms with van der Waals surface area (Å²) in [5.74, 6) is -0.0168. The molecule has 1 N–H and O–H groups in total. The second kappa shape index (κ2) is 5.07. The second-order valence-electron chi connectivity index (χ2n) is 5.71. The summed E-state index contributed by atoms with van der Waals surface area (Å²) in [4.78, 5) is 12.1.